The van der Waals surface area contributed by atoms with Crippen molar-refractivity contribution in [2.24, 2.45) is 0 Å². The van der Waals surface area contributed by atoms with Gasteiger partial charge in [0.05, 0.1) is 0 Å². The Kier molecular flexibility index (Phi) is 1.70. The molecular weight excluding hydrogens is 294 g/mol. The molecule has 0 amide bonds. The number of hydrogen-bond donors (Lipinski definition) is 0. The fourth-order valence-corrected chi connectivity index (χ4v) is 7.99. The SMILES string of the molecule is [CH3][Zr]([CH3])([CH3])([Cl])([Cl])([Cl])[C]1=CC=CC1. The summed E-state index contributed by atoms with van der Waals surface area (Å²) in [7, 11) is 19.6. The molecule has 12 heavy (non-hydrogen) atoms. The summed E-state index contributed by atoms with van der Waals surface area (Å²) in [6.45, 7) is 0. The van der Waals surface area contributed by atoms with E-state index in [9.17, 15) is 0 Å². The third-order valence-corrected chi connectivity index (χ3v) is 13.8. The van der Waals surface area contributed by atoms with E-state index in [-0.39, 0.29) is 0 Å². The molecule has 0 aromatic carbocycles. The molecule has 71 valence electrons. The Labute approximate surface area is 78.8 Å². The first-order valence-electron chi connectivity index (χ1n) is 4.03. The molecule has 0 bridgehead atoms. The number of hydrogen-bond acceptors (Lipinski definition) is 0. The monoisotopic (exact) mass is 305 g/mol. The van der Waals surface area contributed by atoms with Gasteiger partial charge in [-0.1, -0.05) is 0 Å². The van der Waals surface area contributed by atoms with Crippen LogP contribution in [0.1, 0.15) is 6.42 Å². The van der Waals surface area contributed by atoms with Gasteiger partial charge in [-0.15, -0.1) is 0 Å². The van der Waals surface area contributed by atoms with Crippen molar-refractivity contribution in [2.45, 2.75) is 20.3 Å². The Hall–Kier alpha value is 1.23. The van der Waals surface area contributed by atoms with Crippen molar-refractivity contribution in [3.05, 3.63) is 21.5 Å². The molecule has 0 fully saturated rings. The van der Waals surface area contributed by atoms with Crippen LogP contribution in [0, 0.1) is 0 Å². The van der Waals surface area contributed by atoms with Gasteiger partial charge in [0.2, 0.25) is 0 Å². The van der Waals surface area contributed by atoms with Crippen molar-refractivity contribution in [3.63, 3.8) is 0 Å². The van der Waals surface area contributed by atoms with Gasteiger partial charge in [0.25, 0.3) is 0 Å². The Morgan fingerprint density at radius 2 is 1.67 bits per heavy atom. The van der Waals surface area contributed by atoms with Crippen molar-refractivity contribution < 1.29 is 12.2 Å². The van der Waals surface area contributed by atoms with Crippen LogP contribution in [0.2, 0.25) is 13.9 Å². The molecule has 0 aromatic rings. The van der Waals surface area contributed by atoms with Gasteiger partial charge in [-0.2, -0.15) is 0 Å². The van der Waals surface area contributed by atoms with Gasteiger partial charge in [-0.25, -0.2) is 0 Å². The zero-order chi connectivity index (χ0) is 9.78. The number of allylic oxidation sites excluding steroid dienone is 4. The number of rotatable bonds is 1. The van der Waals surface area contributed by atoms with Crippen LogP contribution in [0.5, 0.6) is 0 Å². The van der Waals surface area contributed by atoms with Crippen molar-refractivity contribution in [2.75, 3.05) is 0 Å². The summed E-state index contributed by atoms with van der Waals surface area (Å²) >= 11 is -4.91. The van der Waals surface area contributed by atoms with Gasteiger partial charge >= 0.3 is 79.6 Å². The van der Waals surface area contributed by atoms with Crippen LogP contribution in [0.25, 0.3) is 0 Å². The topological polar surface area (TPSA) is 0 Å². The van der Waals surface area contributed by atoms with E-state index >= 15 is 0 Å². The van der Waals surface area contributed by atoms with Crippen molar-refractivity contribution in [1.82, 2.24) is 0 Å². The first-order valence-corrected chi connectivity index (χ1v) is 22.1. The summed E-state index contributed by atoms with van der Waals surface area (Å²) in [4.78, 5) is 0. The van der Waals surface area contributed by atoms with Crippen LogP contribution in [0.15, 0.2) is 21.5 Å². The molecule has 4 heteroatoms. The Bertz CT molecular complexity index is 289. The quantitative estimate of drug-likeness (QED) is 0.625. The maximum absolute atomic E-state index is 6.52. The first kappa shape index (κ1) is 11.3. The Balaban J connectivity index is 3.37. The van der Waals surface area contributed by atoms with E-state index in [0.29, 0.717) is 0 Å². The predicted molar refractivity (Wildman–Crippen MR) is 57.0 cm³/mol. The fourth-order valence-electron chi connectivity index (χ4n) is 1.21. The van der Waals surface area contributed by atoms with Crippen LogP contribution in [-0.4, -0.2) is 0 Å². The Morgan fingerprint density at radius 1 is 1.17 bits per heavy atom. The summed E-state index contributed by atoms with van der Waals surface area (Å²) in [5, 5.41) is 0. The molecule has 1 aliphatic rings. The van der Waals surface area contributed by atoms with E-state index in [0.717, 1.165) is 9.70 Å². The summed E-state index contributed by atoms with van der Waals surface area (Å²) in [5.74, 6) is 0. The summed E-state index contributed by atoms with van der Waals surface area (Å²) < 4.78 is 6.40. The normalized spacial score (nSPS) is 26.8. The molecule has 0 N–H and O–H groups in total. The van der Waals surface area contributed by atoms with Gasteiger partial charge < -0.3 is 0 Å². The van der Waals surface area contributed by atoms with Crippen molar-refractivity contribution >= 4 is 25.5 Å². The van der Waals surface area contributed by atoms with E-state index in [1.165, 1.54) is 0 Å². The van der Waals surface area contributed by atoms with Crippen molar-refractivity contribution in [3.8, 4) is 0 Å². The molecule has 1 aliphatic carbocycles. The first-order chi connectivity index (χ1) is 4.80. The standard InChI is InChI=1S/C5H5.3CH3.3ClH.Zr/c1-2-4-5-3-1;;;;;;;/h1-3H,4H2;3*1H3;3*1H;/q;;;;;;;+3/p-3. The van der Waals surface area contributed by atoms with Crippen LogP contribution in [0.3, 0.4) is 0 Å². The van der Waals surface area contributed by atoms with Crippen LogP contribution < -0.4 is 0 Å². The van der Waals surface area contributed by atoms with E-state index in [4.69, 9.17) is 25.5 Å². The molecule has 0 aromatic heterocycles. The molecule has 0 spiro atoms. The van der Waals surface area contributed by atoms with E-state index in [1.807, 2.05) is 18.2 Å². The van der Waals surface area contributed by atoms with E-state index < -0.39 is 12.2 Å². The predicted octanol–water partition coefficient (Wildman–Crippen LogP) is 5.20. The van der Waals surface area contributed by atoms with Gasteiger partial charge in [-0.3, -0.25) is 0 Å². The number of halogens is 3. The van der Waals surface area contributed by atoms with Crippen LogP contribution in [0.4, 0.5) is 0 Å². The molecule has 0 radical (unpaired) electrons. The zero-order valence-electron chi connectivity index (χ0n) is 7.57. The summed E-state index contributed by atoms with van der Waals surface area (Å²) in [6, 6.07) is 0. The second kappa shape index (κ2) is 1.81. The van der Waals surface area contributed by atoms with Gasteiger partial charge in [0.1, 0.15) is 0 Å². The van der Waals surface area contributed by atoms with Crippen LogP contribution in [-0.2, 0) is 12.2 Å². The molecule has 0 nitrogen and oxygen atoms in total. The van der Waals surface area contributed by atoms with Crippen molar-refractivity contribution in [1.29, 1.82) is 0 Å². The molecule has 1 rings (SSSR count). The third kappa shape index (κ3) is 2.87. The fraction of sp³-hybridized carbons (Fsp3) is 0.500. The molecular formula is C8H14Cl3Zr. The second-order valence-electron chi connectivity index (χ2n) is 5.77. The van der Waals surface area contributed by atoms with Gasteiger partial charge in [0.15, 0.2) is 0 Å². The zero-order valence-corrected chi connectivity index (χ0v) is 12.3. The Morgan fingerprint density at radius 3 is 1.83 bits per heavy atom. The molecule has 0 unspecified atom stereocenters. The summed E-state index contributed by atoms with van der Waals surface area (Å²) in [5.41, 5.74) is 0. The maximum atomic E-state index is 6.52. The average molecular weight is 308 g/mol. The third-order valence-electron chi connectivity index (χ3n) is 2.10. The van der Waals surface area contributed by atoms with Crippen LogP contribution >= 0.6 is 25.5 Å². The molecule has 0 aliphatic heterocycles. The second-order valence-corrected chi connectivity index (χ2v) is 62.8. The van der Waals surface area contributed by atoms with E-state index in [2.05, 4.69) is 0 Å². The molecule has 0 heterocycles. The molecule has 0 saturated heterocycles. The van der Waals surface area contributed by atoms with Gasteiger partial charge in [0, 0.05) is 0 Å². The van der Waals surface area contributed by atoms with Gasteiger partial charge in [-0.05, 0) is 0 Å². The minimum atomic E-state index is -4.91. The average Bonchev–Trinajstić information content (AvgIpc) is 1.99. The summed E-state index contributed by atoms with van der Waals surface area (Å²) in [6.07, 6.45) is 6.69. The molecule has 0 atom stereocenters. The van der Waals surface area contributed by atoms with E-state index in [1.54, 1.807) is 13.9 Å². The minimum absolute atomic E-state index is 0.780. The molecule has 0 saturated carbocycles.